The van der Waals surface area contributed by atoms with Gasteiger partial charge < -0.3 is 14.6 Å². The van der Waals surface area contributed by atoms with Gasteiger partial charge in [-0.05, 0) is 6.07 Å². The smallest absolute Gasteiger partial charge is 0.188 e. The van der Waals surface area contributed by atoms with Crippen LogP contribution in [0.5, 0.6) is 5.75 Å². The Hall–Kier alpha value is -1.39. The molecule has 1 aliphatic heterocycles. The molecule has 1 heterocycles. The number of benzene rings is 1. The second kappa shape index (κ2) is 3.77. The Kier molecular flexibility index (Phi) is 2.47. The van der Waals surface area contributed by atoms with Gasteiger partial charge in [0.05, 0.1) is 0 Å². The molecule has 4 nitrogen and oxygen atoms in total. The molecule has 74 valence electrons. The maximum atomic E-state index is 10.8. The number of carbonyl (C=O) groups is 1. The minimum absolute atomic E-state index is 0.0407. The SMILES string of the molecule is O=C1COC(c2ccccc2O)OC1. The van der Waals surface area contributed by atoms with E-state index >= 15 is 0 Å². The third kappa shape index (κ3) is 1.76. The number of Topliss-reactive ketones (excluding diaryl/α,β-unsaturated/α-hetero) is 1. The van der Waals surface area contributed by atoms with Gasteiger partial charge in [0, 0.05) is 5.56 Å². The van der Waals surface area contributed by atoms with E-state index < -0.39 is 6.29 Å². The first-order valence-electron chi connectivity index (χ1n) is 4.30. The van der Waals surface area contributed by atoms with Crippen molar-refractivity contribution in [2.45, 2.75) is 6.29 Å². The topological polar surface area (TPSA) is 55.8 Å². The van der Waals surface area contributed by atoms with Gasteiger partial charge in [0.2, 0.25) is 0 Å². The molecule has 0 bridgehead atoms. The predicted molar refractivity (Wildman–Crippen MR) is 47.8 cm³/mol. The number of phenols is 1. The van der Waals surface area contributed by atoms with Crippen molar-refractivity contribution < 1.29 is 19.4 Å². The first kappa shape index (κ1) is 9.18. The Labute approximate surface area is 81.1 Å². The van der Waals surface area contributed by atoms with Gasteiger partial charge in [-0.25, -0.2) is 0 Å². The Morgan fingerprint density at radius 3 is 2.50 bits per heavy atom. The molecule has 1 aromatic carbocycles. The molecule has 0 aliphatic carbocycles. The zero-order valence-electron chi connectivity index (χ0n) is 7.47. The number of hydrogen-bond acceptors (Lipinski definition) is 4. The van der Waals surface area contributed by atoms with Crippen molar-refractivity contribution in [3.63, 3.8) is 0 Å². The third-order valence-electron chi connectivity index (χ3n) is 1.98. The minimum Gasteiger partial charge on any atom is -0.507 e. The van der Waals surface area contributed by atoms with E-state index in [2.05, 4.69) is 0 Å². The summed E-state index contributed by atoms with van der Waals surface area (Å²) < 4.78 is 10.3. The van der Waals surface area contributed by atoms with E-state index in [0.717, 1.165) is 0 Å². The highest BCUT2D eigenvalue weighted by Crippen LogP contribution is 2.28. The van der Waals surface area contributed by atoms with E-state index in [1.165, 1.54) is 0 Å². The molecule has 0 amide bonds. The fraction of sp³-hybridized carbons (Fsp3) is 0.300. The highest BCUT2D eigenvalue weighted by molar-refractivity contribution is 5.81. The quantitative estimate of drug-likeness (QED) is 0.724. The zero-order valence-corrected chi connectivity index (χ0v) is 7.47. The molecule has 0 aromatic heterocycles. The molecule has 0 radical (unpaired) electrons. The van der Waals surface area contributed by atoms with Crippen LogP contribution in [0.2, 0.25) is 0 Å². The van der Waals surface area contributed by atoms with Crippen LogP contribution in [0.4, 0.5) is 0 Å². The second-order valence-electron chi connectivity index (χ2n) is 3.05. The van der Waals surface area contributed by atoms with Crippen LogP contribution in [0, 0.1) is 0 Å². The fourth-order valence-electron chi connectivity index (χ4n) is 1.29. The van der Waals surface area contributed by atoms with E-state index in [1.807, 2.05) is 0 Å². The zero-order chi connectivity index (χ0) is 9.97. The predicted octanol–water partition coefficient (Wildman–Crippen LogP) is 1.01. The van der Waals surface area contributed by atoms with Crippen molar-refractivity contribution in [3.05, 3.63) is 29.8 Å². The van der Waals surface area contributed by atoms with Crippen LogP contribution in [0.15, 0.2) is 24.3 Å². The molecule has 1 fully saturated rings. The Bertz CT molecular complexity index is 338. The van der Waals surface area contributed by atoms with E-state index in [0.29, 0.717) is 5.56 Å². The van der Waals surface area contributed by atoms with Crippen molar-refractivity contribution in [1.29, 1.82) is 0 Å². The average molecular weight is 194 g/mol. The lowest BCUT2D eigenvalue weighted by molar-refractivity contribution is -0.189. The summed E-state index contributed by atoms with van der Waals surface area (Å²) in [6.07, 6.45) is -0.631. The van der Waals surface area contributed by atoms with E-state index in [9.17, 15) is 9.90 Å². The molecule has 1 aromatic rings. The summed E-state index contributed by atoms with van der Waals surface area (Å²) in [6, 6.07) is 6.75. The number of ether oxygens (including phenoxy) is 2. The Morgan fingerprint density at radius 2 is 1.86 bits per heavy atom. The largest absolute Gasteiger partial charge is 0.507 e. The summed E-state index contributed by atoms with van der Waals surface area (Å²) in [5.41, 5.74) is 0.556. The second-order valence-corrected chi connectivity index (χ2v) is 3.05. The lowest BCUT2D eigenvalue weighted by Crippen LogP contribution is -2.26. The van der Waals surface area contributed by atoms with Crippen LogP contribution < -0.4 is 0 Å². The average Bonchev–Trinajstić information content (AvgIpc) is 2.20. The van der Waals surface area contributed by atoms with Gasteiger partial charge >= 0.3 is 0 Å². The fourth-order valence-corrected chi connectivity index (χ4v) is 1.29. The number of hydrogen-bond donors (Lipinski definition) is 1. The molecule has 1 aliphatic rings. The van der Waals surface area contributed by atoms with Gasteiger partial charge in [0.25, 0.3) is 0 Å². The maximum absolute atomic E-state index is 10.8. The third-order valence-corrected chi connectivity index (χ3v) is 1.98. The van der Waals surface area contributed by atoms with E-state index in [1.54, 1.807) is 24.3 Å². The van der Waals surface area contributed by atoms with E-state index in [4.69, 9.17) is 9.47 Å². The van der Waals surface area contributed by atoms with Crippen molar-refractivity contribution in [2.75, 3.05) is 13.2 Å². The van der Waals surface area contributed by atoms with Crippen LogP contribution in [-0.2, 0) is 14.3 Å². The van der Waals surface area contributed by atoms with Gasteiger partial charge in [0.1, 0.15) is 19.0 Å². The number of ketones is 1. The number of rotatable bonds is 1. The van der Waals surface area contributed by atoms with Crippen LogP contribution in [0.1, 0.15) is 11.9 Å². The van der Waals surface area contributed by atoms with Crippen molar-refractivity contribution in [1.82, 2.24) is 0 Å². The van der Waals surface area contributed by atoms with Crippen molar-refractivity contribution >= 4 is 5.78 Å². The molecule has 1 N–H and O–H groups in total. The molecule has 4 heteroatoms. The monoisotopic (exact) mass is 194 g/mol. The van der Waals surface area contributed by atoms with Gasteiger partial charge in [-0.2, -0.15) is 0 Å². The Balaban J connectivity index is 2.16. The molecule has 1 saturated heterocycles. The summed E-state index contributed by atoms with van der Waals surface area (Å²) in [6.45, 7) is 0.0814. The van der Waals surface area contributed by atoms with Crippen molar-refractivity contribution in [3.8, 4) is 5.75 Å². The van der Waals surface area contributed by atoms with Crippen LogP contribution >= 0.6 is 0 Å². The van der Waals surface area contributed by atoms with Crippen LogP contribution in [0.3, 0.4) is 0 Å². The lowest BCUT2D eigenvalue weighted by atomic mass is 10.2. The number of phenolic OH excluding ortho intramolecular Hbond substituents is 1. The van der Waals surface area contributed by atoms with Gasteiger partial charge in [0.15, 0.2) is 12.1 Å². The Morgan fingerprint density at radius 1 is 1.21 bits per heavy atom. The molecule has 14 heavy (non-hydrogen) atoms. The molecule has 0 unspecified atom stereocenters. The molecule has 0 saturated carbocycles. The number of aromatic hydroxyl groups is 1. The summed E-state index contributed by atoms with van der Waals surface area (Å²) in [4.78, 5) is 10.8. The lowest BCUT2D eigenvalue weighted by Gasteiger charge is -2.23. The van der Waals surface area contributed by atoms with Gasteiger partial charge in [-0.3, -0.25) is 4.79 Å². The van der Waals surface area contributed by atoms with E-state index in [-0.39, 0.29) is 24.7 Å². The first-order chi connectivity index (χ1) is 6.77. The minimum atomic E-state index is -0.631. The number of carbonyl (C=O) groups excluding carboxylic acids is 1. The molecular weight excluding hydrogens is 184 g/mol. The maximum Gasteiger partial charge on any atom is 0.188 e. The summed E-state index contributed by atoms with van der Waals surface area (Å²) in [5.74, 6) is 0.0310. The molecule has 0 spiro atoms. The number of para-hydroxylation sites is 1. The standard InChI is InChI=1S/C10H10O4/c11-7-5-13-10(14-6-7)8-3-1-2-4-9(8)12/h1-4,10,12H,5-6H2. The molecule has 2 rings (SSSR count). The normalized spacial score (nSPS) is 18.4. The highest BCUT2D eigenvalue weighted by atomic mass is 16.7. The van der Waals surface area contributed by atoms with Gasteiger partial charge in [-0.15, -0.1) is 0 Å². The molecule has 0 atom stereocenters. The van der Waals surface area contributed by atoms with Crippen LogP contribution in [0.25, 0.3) is 0 Å². The first-order valence-corrected chi connectivity index (χ1v) is 4.30. The van der Waals surface area contributed by atoms with Crippen LogP contribution in [-0.4, -0.2) is 24.1 Å². The van der Waals surface area contributed by atoms with Crippen molar-refractivity contribution in [2.24, 2.45) is 0 Å². The summed E-state index contributed by atoms with van der Waals surface area (Å²) >= 11 is 0. The summed E-state index contributed by atoms with van der Waals surface area (Å²) in [7, 11) is 0. The highest BCUT2D eigenvalue weighted by Gasteiger charge is 2.23. The van der Waals surface area contributed by atoms with Gasteiger partial charge in [-0.1, -0.05) is 18.2 Å². The summed E-state index contributed by atoms with van der Waals surface area (Å²) in [5, 5.41) is 9.48. The molecular formula is C10H10O4.